The van der Waals surface area contributed by atoms with Crippen molar-refractivity contribution in [3.05, 3.63) is 29.6 Å². The topological polar surface area (TPSA) is 3.24 Å². The van der Waals surface area contributed by atoms with Crippen molar-refractivity contribution in [2.24, 2.45) is 5.92 Å². The maximum atomic E-state index is 13.2. The third kappa shape index (κ3) is 3.88. The van der Waals surface area contributed by atoms with Crippen molar-refractivity contribution >= 4 is 17.3 Å². The fraction of sp³-hybridized carbons (Fsp3) is 0.571. The van der Waals surface area contributed by atoms with Crippen LogP contribution in [0, 0.1) is 11.7 Å². The Morgan fingerprint density at radius 1 is 1.24 bits per heavy atom. The molecule has 0 N–H and O–H groups in total. The van der Waals surface area contributed by atoms with Crippen LogP contribution in [-0.2, 0) is 5.88 Å². The van der Waals surface area contributed by atoms with Crippen molar-refractivity contribution in [3.63, 3.8) is 0 Å². The van der Waals surface area contributed by atoms with E-state index in [0.29, 0.717) is 17.8 Å². The van der Waals surface area contributed by atoms with Gasteiger partial charge in [0.15, 0.2) is 0 Å². The summed E-state index contributed by atoms with van der Waals surface area (Å²) in [6.07, 6.45) is 0. The molecule has 0 saturated carbocycles. The molecule has 0 bridgehead atoms. The summed E-state index contributed by atoms with van der Waals surface area (Å²) in [5, 5.41) is 0. The predicted molar refractivity (Wildman–Crippen MR) is 73.3 cm³/mol. The maximum absolute atomic E-state index is 13.2. The number of nitrogens with zero attached hydrogens (tertiary/aromatic N) is 1. The van der Waals surface area contributed by atoms with Crippen LogP contribution in [0.3, 0.4) is 0 Å². The maximum Gasteiger partial charge on any atom is 0.123 e. The molecular formula is C14H21ClFN. The van der Waals surface area contributed by atoms with Crippen LogP contribution in [0.2, 0.25) is 0 Å². The minimum atomic E-state index is -0.224. The first-order valence-corrected chi connectivity index (χ1v) is 6.60. The summed E-state index contributed by atoms with van der Waals surface area (Å²) >= 11 is 5.90. The Kier molecular flexibility index (Phi) is 5.26. The lowest BCUT2D eigenvalue weighted by atomic mass is 10.1. The number of halogens is 2. The largest absolute Gasteiger partial charge is 0.369 e. The molecule has 1 nitrogen and oxygen atoms in total. The number of benzene rings is 1. The van der Waals surface area contributed by atoms with Gasteiger partial charge >= 0.3 is 0 Å². The van der Waals surface area contributed by atoms with Gasteiger partial charge in [0, 0.05) is 24.2 Å². The molecule has 96 valence electrons. The van der Waals surface area contributed by atoms with E-state index in [1.54, 1.807) is 0 Å². The van der Waals surface area contributed by atoms with Crippen molar-refractivity contribution in [1.29, 1.82) is 0 Å². The van der Waals surface area contributed by atoms with Gasteiger partial charge in [-0.25, -0.2) is 4.39 Å². The van der Waals surface area contributed by atoms with Gasteiger partial charge in [0.1, 0.15) is 5.82 Å². The molecule has 1 aromatic rings. The fourth-order valence-corrected chi connectivity index (χ4v) is 2.14. The van der Waals surface area contributed by atoms with Crippen LogP contribution in [0.15, 0.2) is 18.2 Å². The quantitative estimate of drug-likeness (QED) is 0.705. The SMILES string of the molecule is CC(C)CN(c1ccc(F)cc1CCl)C(C)C. The van der Waals surface area contributed by atoms with Crippen molar-refractivity contribution < 1.29 is 4.39 Å². The summed E-state index contributed by atoms with van der Waals surface area (Å²) in [4.78, 5) is 2.28. The van der Waals surface area contributed by atoms with Gasteiger partial charge < -0.3 is 4.90 Å². The van der Waals surface area contributed by atoms with Crippen LogP contribution >= 0.6 is 11.6 Å². The normalized spacial score (nSPS) is 11.3. The molecule has 3 heteroatoms. The van der Waals surface area contributed by atoms with E-state index in [9.17, 15) is 4.39 Å². The number of anilines is 1. The van der Waals surface area contributed by atoms with E-state index in [4.69, 9.17) is 11.6 Å². The summed E-state index contributed by atoms with van der Waals surface area (Å²) in [6, 6.07) is 5.24. The Bertz CT molecular complexity index is 363. The molecule has 0 amide bonds. The van der Waals surface area contributed by atoms with Crippen LogP contribution in [0.25, 0.3) is 0 Å². The van der Waals surface area contributed by atoms with E-state index >= 15 is 0 Å². The summed E-state index contributed by atoms with van der Waals surface area (Å²) in [5.41, 5.74) is 1.91. The lowest BCUT2D eigenvalue weighted by Crippen LogP contribution is -2.34. The smallest absolute Gasteiger partial charge is 0.123 e. The lowest BCUT2D eigenvalue weighted by Gasteiger charge is -2.32. The molecular weight excluding hydrogens is 237 g/mol. The molecule has 0 unspecified atom stereocenters. The number of hydrogen-bond acceptors (Lipinski definition) is 1. The van der Waals surface area contributed by atoms with E-state index in [1.807, 2.05) is 6.07 Å². The Balaban J connectivity index is 3.08. The van der Waals surface area contributed by atoms with E-state index in [2.05, 4.69) is 32.6 Å². The van der Waals surface area contributed by atoms with Gasteiger partial charge in [-0.15, -0.1) is 11.6 Å². The van der Waals surface area contributed by atoms with Gasteiger partial charge in [-0.05, 0) is 43.5 Å². The van der Waals surface area contributed by atoms with Gasteiger partial charge in [0.25, 0.3) is 0 Å². The molecule has 0 aliphatic carbocycles. The molecule has 0 aliphatic heterocycles. The fourth-order valence-electron chi connectivity index (χ4n) is 1.92. The molecule has 0 spiro atoms. The van der Waals surface area contributed by atoms with Crippen molar-refractivity contribution in [2.45, 2.75) is 39.6 Å². The summed E-state index contributed by atoms with van der Waals surface area (Å²) in [6.45, 7) is 9.60. The lowest BCUT2D eigenvalue weighted by molar-refractivity contribution is 0.568. The Morgan fingerprint density at radius 3 is 2.35 bits per heavy atom. The molecule has 1 aromatic carbocycles. The molecule has 0 heterocycles. The zero-order chi connectivity index (χ0) is 13.0. The van der Waals surface area contributed by atoms with E-state index in [1.165, 1.54) is 12.1 Å². The van der Waals surface area contributed by atoms with Crippen LogP contribution in [-0.4, -0.2) is 12.6 Å². The third-order valence-electron chi connectivity index (χ3n) is 2.68. The van der Waals surface area contributed by atoms with Crippen LogP contribution in [0.5, 0.6) is 0 Å². The molecule has 0 saturated heterocycles. The Labute approximate surface area is 109 Å². The summed E-state index contributed by atoms with van der Waals surface area (Å²) in [5.74, 6) is 0.678. The molecule has 0 aliphatic rings. The summed E-state index contributed by atoms with van der Waals surface area (Å²) in [7, 11) is 0. The first-order chi connectivity index (χ1) is 7.95. The number of rotatable bonds is 5. The van der Waals surface area contributed by atoms with Crippen molar-refractivity contribution in [3.8, 4) is 0 Å². The van der Waals surface area contributed by atoms with Gasteiger partial charge in [-0.1, -0.05) is 13.8 Å². The highest BCUT2D eigenvalue weighted by atomic mass is 35.5. The third-order valence-corrected chi connectivity index (χ3v) is 2.97. The zero-order valence-corrected chi connectivity index (χ0v) is 11.8. The molecule has 0 fully saturated rings. The highest BCUT2D eigenvalue weighted by Crippen LogP contribution is 2.26. The second kappa shape index (κ2) is 6.25. The zero-order valence-electron chi connectivity index (χ0n) is 11.0. The monoisotopic (exact) mass is 257 g/mol. The second-order valence-electron chi connectivity index (χ2n) is 5.05. The van der Waals surface area contributed by atoms with Crippen molar-refractivity contribution in [1.82, 2.24) is 0 Å². The van der Waals surface area contributed by atoms with Crippen LogP contribution in [0.1, 0.15) is 33.3 Å². The van der Waals surface area contributed by atoms with Crippen LogP contribution < -0.4 is 4.90 Å². The molecule has 0 radical (unpaired) electrons. The highest BCUT2D eigenvalue weighted by molar-refractivity contribution is 6.17. The number of alkyl halides is 1. The standard InChI is InChI=1S/C14H21ClFN/c1-10(2)9-17(11(3)4)14-6-5-13(16)7-12(14)8-15/h5-7,10-11H,8-9H2,1-4H3. The Morgan fingerprint density at radius 2 is 1.88 bits per heavy atom. The van der Waals surface area contributed by atoms with E-state index in [-0.39, 0.29) is 5.82 Å². The van der Waals surface area contributed by atoms with Crippen molar-refractivity contribution in [2.75, 3.05) is 11.4 Å². The summed E-state index contributed by atoms with van der Waals surface area (Å²) < 4.78 is 13.2. The average molecular weight is 258 g/mol. The first-order valence-electron chi connectivity index (χ1n) is 6.06. The molecule has 17 heavy (non-hydrogen) atoms. The van der Waals surface area contributed by atoms with Crippen LogP contribution in [0.4, 0.5) is 10.1 Å². The molecule has 1 rings (SSSR count). The van der Waals surface area contributed by atoms with Gasteiger partial charge in [0.05, 0.1) is 0 Å². The Hall–Kier alpha value is -0.760. The van der Waals surface area contributed by atoms with Gasteiger partial charge in [-0.2, -0.15) is 0 Å². The average Bonchev–Trinajstić information content (AvgIpc) is 2.25. The second-order valence-corrected chi connectivity index (χ2v) is 5.31. The molecule has 0 aromatic heterocycles. The minimum Gasteiger partial charge on any atom is -0.369 e. The van der Waals surface area contributed by atoms with Gasteiger partial charge in [-0.3, -0.25) is 0 Å². The van der Waals surface area contributed by atoms with Gasteiger partial charge in [0.2, 0.25) is 0 Å². The van der Waals surface area contributed by atoms with E-state index < -0.39 is 0 Å². The minimum absolute atomic E-state index is 0.224. The highest BCUT2D eigenvalue weighted by Gasteiger charge is 2.15. The number of hydrogen-bond donors (Lipinski definition) is 0. The predicted octanol–water partition coefficient (Wildman–Crippen LogP) is 4.44. The first kappa shape index (κ1) is 14.3. The molecule has 0 atom stereocenters. The van der Waals surface area contributed by atoms with E-state index in [0.717, 1.165) is 17.8 Å².